The zero-order chi connectivity index (χ0) is 15.6. The Morgan fingerprint density at radius 3 is 2.76 bits per heavy atom. The predicted molar refractivity (Wildman–Crippen MR) is 83.6 cm³/mol. The van der Waals surface area contributed by atoms with E-state index in [1.54, 1.807) is 35.9 Å². The van der Waals surface area contributed by atoms with E-state index in [1.165, 1.54) is 6.07 Å². The van der Waals surface area contributed by atoms with Crippen molar-refractivity contribution < 1.29 is 9.72 Å². The highest BCUT2D eigenvalue weighted by molar-refractivity contribution is 9.10. The molecule has 0 bridgehead atoms. The van der Waals surface area contributed by atoms with Crippen molar-refractivity contribution in [3.8, 4) is 0 Å². The Bertz CT molecular complexity index is 709. The van der Waals surface area contributed by atoms with E-state index in [9.17, 15) is 14.9 Å². The number of nitrogens with one attached hydrogen (secondary N) is 1. The summed E-state index contributed by atoms with van der Waals surface area (Å²) in [6, 6.07) is 6.38. The Balaban J connectivity index is 2.33. The number of carbonyl (C=O) groups is 1. The molecular formula is C14H14BrN3O3. The average molecular weight is 352 g/mol. The van der Waals surface area contributed by atoms with E-state index in [-0.39, 0.29) is 17.3 Å². The molecule has 0 saturated heterocycles. The van der Waals surface area contributed by atoms with E-state index in [1.807, 2.05) is 6.92 Å². The number of nitrogens with zero attached hydrogens (tertiary/aromatic N) is 2. The average Bonchev–Trinajstić information content (AvgIpc) is 2.81. The molecule has 7 heteroatoms. The second-order valence-electron chi connectivity index (χ2n) is 4.56. The number of carbonyl (C=O) groups excluding carboxylic acids is 1. The van der Waals surface area contributed by atoms with Gasteiger partial charge in [-0.3, -0.25) is 14.9 Å². The number of anilines is 1. The lowest BCUT2D eigenvalue weighted by molar-refractivity contribution is -0.384. The molecule has 21 heavy (non-hydrogen) atoms. The van der Waals surface area contributed by atoms with Crippen molar-refractivity contribution >= 4 is 33.2 Å². The lowest BCUT2D eigenvalue weighted by Crippen LogP contribution is -2.17. The molecule has 2 rings (SSSR count). The Hall–Kier alpha value is -2.15. The first kappa shape index (κ1) is 15.2. The zero-order valence-corrected chi connectivity index (χ0v) is 13.2. The van der Waals surface area contributed by atoms with Crippen molar-refractivity contribution in [2.45, 2.75) is 20.4 Å². The lowest BCUT2D eigenvalue weighted by Gasteiger charge is -2.08. The van der Waals surface area contributed by atoms with Crippen LogP contribution in [0, 0.1) is 17.0 Å². The monoisotopic (exact) mass is 351 g/mol. The first-order chi connectivity index (χ1) is 9.92. The molecule has 0 radical (unpaired) electrons. The smallest absolute Gasteiger partial charge is 0.293 e. The molecule has 1 aromatic heterocycles. The van der Waals surface area contributed by atoms with Crippen LogP contribution >= 0.6 is 15.9 Å². The minimum atomic E-state index is -0.503. The number of aromatic nitrogens is 1. The summed E-state index contributed by atoms with van der Waals surface area (Å²) in [6.07, 6.45) is 1.79. The highest BCUT2D eigenvalue weighted by Crippen LogP contribution is 2.26. The Morgan fingerprint density at radius 1 is 1.43 bits per heavy atom. The van der Waals surface area contributed by atoms with Gasteiger partial charge in [0, 0.05) is 23.3 Å². The van der Waals surface area contributed by atoms with Crippen LogP contribution < -0.4 is 5.32 Å². The Morgan fingerprint density at radius 2 is 2.14 bits per heavy atom. The molecule has 0 aliphatic heterocycles. The van der Waals surface area contributed by atoms with Gasteiger partial charge in [0.2, 0.25) is 0 Å². The summed E-state index contributed by atoms with van der Waals surface area (Å²) in [4.78, 5) is 22.8. The van der Waals surface area contributed by atoms with Crippen molar-refractivity contribution in [1.29, 1.82) is 0 Å². The van der Waals surface area contributed by atoms with Crippen molar-refractivity contribution in [1.82, 2.24) is 4.57 Å². The van der Waals surface area contributed by atoms with Crippen LogP contribution in [0.3, 0.4) is 0 Å². The van der Waals surface area contributed by atoms with Crippen LogP contribution in [0.25, 0.3) is 0 Å². The number of halogens is 1. The number of nitro benzene ring substituents is 1. The van der Waals surface area contributed by atoms with Crippen LogP contribution in [0.4, 0.5) is 11.4 Å². The molecule has 110 valence electrons. The molecule has 0 unspecified atom stereocenters. The van der Waals surface area contributed by atoms with Gasteiger partial charge in [-0.15, -0.1) is 0 Å². The first-order valence-corrected chi connectivity index (χ1v) is 7.13. The maximum Gasteiger partial charge on any atom is 0.293 e. The van der Waals surface area contributed by atoms with Crippen LogP contribution in [0.2, 0.25) is 0 Å². The van der Waals surface area contributed by atoms with Gasteiger partial charge in [0.1, 0.15) is 11.4 Å². The van der Waals surface area contributed by atoms with E-state index in [2.05, 4.69) is 21.2 Å². The van der Waals surface area contributed by atoms with E-state index in [0.717, 1.165) is 10.0 Å². The fourth-order valence-corrected chi connectivity index (χ4v) is 2.48. The molecule has 1 heterocycles. The highest BCUT2D eigenvalue weighted by Gasteiger charge is 2.18. The molecule has 6 nitrogen and oxygen atoms in total. The van der Waals surface area contributed by atoms with E-state index < -0.39 is 4.92 Å². The van der Waals surface area contributed by atoms with E-state index >= 15 is 0 Å². The Labute approximate surface area is 130 Å². The molecule has 0 atom stereocenters. The number of nitro groups is 1. The van der Waals surface area contributed by atoms with Crippen LogP contribution in [-0.2, 0) is 6.54 Å². The maximum atomic E-state index is 12.3. The van der Waals surface area contributed by atoms with Gasteiger partial charge in [-0.2, -0.15) is 0 Å². The molecule has 2 aromatic rings. The third kappa shape index (κ3) is 3.30. The lowest BCUT2D eigenvalue weighted by atomic mass is 10.2. The van der Waals surface area contributed by atoms with Crippen LogP contribution in [0.15, 0.2) is 34.9 Å². The first-order valence-electron chi connectivity index (χ1n) is 6.34. The topological polar surface area (TPSA) is 77.2 Å². The summed E-state index contributed by atoms with van der Waals surface area (Å²) in [5.74, 6) is -0.380. The molecule has 1 aromatic carbocycles. The SMILES string of the molecule is CCn1cc(Br)cc1C(=O)Nc1ccc(C)cc1[N+](=O)[O-]. The number of aryl methyl sites for hydroxylation is 2. The summed E-state index contributed by atoms with van der Waals surface area (Å²) in [5, 5.41) is 13.7. The second-order valence-corrected chi connectivity index (χ2v) is 5.48. The summed E-state index contributed by atoms with van der Waals surface area (Å²) in [5.41, 5.74) is 1.28. The minimum absolute atomic E-state index is 0.114. The number of rotatable bonds is 4. The van der Waals surface area contributed by atoms with Crippen molar-refractivity contribution in [2.24, 2.45) is 0 Å². The standard InChI is InChI=1S/C14H14BrN3O3/c1-3-17-8-10(15)7-13(17)14(19)16-11-5-4-9(2)6-12(11)18(20)21/h4-8H,3H2,1-2H3,(H,16,19). The van der Waals surface area contributed by atoms with E-state index in [4.69, 9.17) is 0 Å². The van der Waals surface area contributed by atoms with Crippen LogP contribution in [-0.4, -0.2) is 15.4 Å². The van der Waals surface area contributed by atoms with Gasteiger partial charge in [-0.25, -0.2) is 0 Å². The van der Waals surface area contributed by atoms with Crippen molar-refractivity contribution in [2.75, 3.05) is 5.32 Å². The summed E-state index contributed by atoms with van der Waals surface area (Å²) in [6.45, 7) is 4.31. The zero-order valence-electron chi connectivity index (χ0n) is 11.6. The number of benzene rings is 1. The van der Waals surface area contributed by atoms with Gasteiger partial charge in [0.25, 0.3) is 11.6 Å². The van der Waals surface area contributed by atoms with Crippen LogP contribution in [0.1, 0.15) is 23.0 Å². The normalized spacial score (nSPS) is 10.4. The number of amides is 1. The molecule has 0 aliphatic carbocycles. The van der Waals surface area contributed by atoms with Gasteiger partial charge in [0.15, 0.2) is 0 Å². The summed E-state index contributed by atoms with van der Waals surface area (Å²) in [7, 11) is 0. The summed E-state index contributed by atoms with van der Waals surface area (Å²) >= 11 is 3.32. The van der Waals surface area contributed by atoms with Gasteiger partial charge < -0.3 is 9.88 Å². The molecule has 0 aliphatic rings. The molecule has 0 saturated carbocycles. The number of hydrogen-bond acceptors (Lipinski definition) is 3. The maximum absolute atomic E-state index is 12.3. The van der Waals surface area contributed by atoms with Gasteiger partial charge in [-0.05, 0) is 47.5 Å². The van der Waals surface area contributed by atoms with E-state index in [0.29, 0.717) is 12.2 Å². The van der Waals surface area contributed by atoms with Gasteiger partial charge >= 0.3 is 0 Å². The van der Waals surface area contributed by atoms with Crippen molar-refractivity contribution in [3.63, 3.8) is 0 Å². The summed E-state index contributed by atoms with van der Waals surface area (Å²) < 4.78 is 2.55. The third-order valence-corrected chi connectivity index (χ3v) is 3.47. The number of hydrogen-bond donors (Lipinski definition) is 1. The molecule has 1 amide bonds. The predicted octanol–water partition coefficient (Wildman–Crippen LogP) is 3.74. The van der Waals surface area contributed by atoms with Crippen molar-refractivity contribution in [3.05, 3.63) is 56.3 Å². The minimum Gasteiger partial charge on any atom is -0.343 e. The third-order valence-electron chi connectivity index (χ3n) is 3.03. The fourth-order valence-electron chi connectivity index (χ4n) is 2.01. The van der Waals surface area contributed by atoms with Gasteiger partial charge in [-0.1, -0.05) is 6.07 Å². The fraction of sp³-hybridized carbons (Fsp3) is 0.214. The molecule has 1 N–H and O–H groups in total. The quantitative estimate of drug-likeness (QED) is 0.673. The molecule has 0 spiro atoms. The van der Waals surface area contributed by atoms with Crippen LogP contribution in [0.5, 0.6) is 0 Å². The molecular weight excluding hydrogens is 338 g/mol. The largest absolute Gasteiger partial charge is 0.343 e. The van der Waals surface area contributed by atoms with Gasteiger partial charge in [0.05, 0.1) is 4.92 Å². The Kier molecular flexibility index (Phi) is 4.42. The second kappa shape index (κ2) is 6.09. The highest BCUT2D eigenvalue weighted by atomic mass is 79.9. The molecule has 0 fully saturated rings.